The molecule has 12 rings (SSSR count). The summed E-state index contributed by atoms with van der Waals surface area (Å²) in [5, 5.41) is 4.90. The van der Waals surface area contributed by atoms with Crippen LogP contribution in [0, 0.1) is 0 Å². The SMILES string of the molecule is c1ccc(-c2cccc(-n3c4ccccc4c4cc(-c5ccc6c(c5)c5ccccc5n6-c5cccc(-c6cc(-c7ccccc7)nc(-c7ccccc7)n6)c5)ccc43)c2)cc1. The van der Waals surface area contributed by atoms with Gasteiger partial charge in [0.1, 0.15) is 0 Å². The smallest absolute Gasteiger partial charge is 0.160 e. The van der Waals surface area contributed by atoms with Gasteiger partial charge < -0.3 is 9.13 Å². The van der Waals surface area contributed by atoms with Crippen molar-refractivity contribution in [3.05, 3.63) is 231 Å². The topological polar surface area (TPSA) is 35.6 Å². The van der Waals surface area contributed by atoms with Crippen molar-refractivity contribution < 1.29 is 0 Å². The molecule has 9 aromatic carbocycles. The minimum atomic E-state index is 0.705. The van der Waals surface area contributed by atoms with Gasteiger partial charge in [0.25, 0.3) is 0 Å². The molecule has 62 heavy (non-hydrogen) atoms. The molecule has 0 saturated carbocycles. The first-order chi connectivity index (χ1) is 30.7. The molecule has 0 aliphatic carbocycles. The summed E-state index contributed by atoms with van der Waals surface area (Å²) in [6.45, 7) is 0. The van der Waals surface area contributed by atoms with E-state index >= 15 is 0 Å². The highest BCUT2D eigenvalue weighted by Crippen LogP contribution is 2.39. The Balaban J connectivity index is 0.970. The number of hydrogen-bond acceptors (Lipinski definition) is 2. The fraction of sp³-hybridized carbons (Fsp3) is 0. The summed E-state index contributed by atoms with van der Waals surface area (Å²) in [4.78, 5) is 10.2. The Morgan fingerprint density at radius 2 is 0.645 bits per heavy atom. The molecule has 3 aromatic heterocycles. The Morgan fingerprint density at radius 1 is 0.242 bits per heavy atom. The molecule has 0 aliphatic heterocycles. The van der Waals surface area contributed by atoms with Crippen molar-refractivity contribution in [1.82, 2.24) is 19.1 Å². The van der Waals surface area contributed by atoms with Crippen molar-refractivity contribution in [2.75, 3.05) is 0 Å². The minimum absolute atomic E-state index is 0.705. The van der Waals surface area contributed by atoms with E-state index in [0.717, 1.165) is 50.5 Å². The van der Waals surface area contributed by atoms with Crippen LogP contribution in [-0.2, 0) is 0 Å². The predicted molar refractivity (Wildman–Crippen MR) is 258 cm³/mol. The van der Waals surface area contributed by atoms with Gasteiger partial charge >= 0.3 is 0 Å². The third kappa shape index (κ3) is 6.08. The van der Waals surface area contributed by atoms with Gasteiger partial charge in [-0.05, 0) is 89.0 Å². The molecule has 0 radical (unpaired) electrons. The first-order valence-electron chi connectivity index (χ1n) is 21.1. The summed E-state index contributed by atoms with van der Waals surface area (Å²) in [6.07, 6.45) is 0. The maximum atomic E-state index is 5.15. The summed E-state index contributed by atoms with van der Waals surface area (Å²) in [6, 6.07) is 82.2. The highest BCUT2D eigenvalue weighted by atomic mass is 15.0. The van der Waals surface area contributed by atoms with Crippen LogP contribution in [0.5, 0.6) is 0 Å². The maximum absolute atomic E-state index is 5.15. The van der Waals surface area contributed by atoms with Gasteiger partial charge in [-0.25, -0.2) is 9.97 Å². The van der Waals surface area contributed by atoms with Crippen molar-refractivity contribution in [3.63, 3.8) is 0 Å². The summed E-state index contributed by atoms with van der Waals surface area (Å²) < 4.78 is 4.79. The van der Waals surface area contributed by atoms with Crippen LogP contribution in [0.2, 0.25) is 0 Å². The second-order valence-corrected chi connectivity index (χ2v) is 15.8. The normalized spacial score (nSPS) is 11.5. The van der Waals surface area contributed by atoms with Crippen LogP contribution in [0.1, 0.15) is 0 Å². The van der Waals surface area contributed by atoms with E-state index in [1.54, 1.807) is 0 Å². The number of aromatic nitrogens is 4. The predicted octanol–water partition coefficient (Wildman–Crippen LogP) is 15.0. The third-order valence-corrected chi connectivity index (χ3v) is 12.1. The van der Waals surface area contributed by atoms with Crippen LogP contribution in [0.15, 0.2) is 231 Å². The molecule has 12 aromatic rings. The zero-order valence-corrected chi connectivity index (χ0v) is 33.7. The summed E-state index contributed by atoms with van der Waals surface area (Å²) in [7, 11) is 0. The number of benzene rings is 9. The van der Waals surface area contributed by atoms with Gasteiger partial charge in [-0.15, -0.1) is 0 Å². The summed E-state index contributed by atoms with van der Waals surface area (Å²) >= 11 is 0. The number of nitrogens with zero attached hydrogens (tertiary/aromatic N) is 4. The monoisotopic (exact) mass is 790 g/mol. The highest BCUT2D eigenvalue weighted by molar-refractivity contribution is 6.12. The molecule has 0 amide bonds. The second kappa shape index (κ2) is 14.7. The molecule has 0 spiro atoms. The third-order valence-electron chi connectivity index (χ3n) is 12.1. The summed E-state index contributed by atoms with van der Waals surface area (Å²) in [5.41, 5.74) is 16.5. The van der Waals surface area contributed by atoms with Gasteiger partial charge in [-0.3, -0.25) is 0 Å². The van der Waals surface area contributed by atoms with Crippen molar-refractivity contribution in [2.24, 2.45) is 0 Å². The molecule has 0 atom stereocenters. The first kappa shape index (κ1) is 35.6. The number of hydrogen-bond donors (Lipinski definition) is 0. The Morgan fingerprint density at radius 3 is 1.21 bits per heavy atom. The van der Waals surface area contributed by atoms with E-state index in [9.17, 15) is 0 Å². The lowest BCUT2D eigenvalue weighted by Crippen LogP contribution is -1.97. The van der Waals surface area contributed by atoms with Gasteiger partial charge in [0.2, 0.25) is 0 Å². The van der Waals surface area contributed by atoms with E-state index in [4.69, 9.17) is 9.97 Å². The van der Waals surface area contributed by atoms with E-state index in [0.29, 0.717) is 5.82 Å². The minimum Gasteiger partial charge on any atom is -0.309 e. The molecule has 0 saturated heterocycles. The van der Waals surface area contributed by atoms with Gasteiger partial charge in [-0.1, -0.05) is 164 Å². The second-order valence-electron chi connectivity index (χ2n) is 15.8. The van der Waals surface area contributed by atoms with Crippen molar-refractivity contribution >= 4 is 43.6 Å². The van der Waals surface area contributed by atoms with Crippen LogP contribution >= 0.6 is 0 Å². The van der Waals surface area contributed by atoms with Crippen LogP contribution in [0.25, 0.3) is 111 Å². The lowest BCUT2D eigenvalue weighted by atomic mass is 10.0. The fourth-order valence-corrected chi connectivity index (χ4v) is 9.19. The number of rotatable bonds is 7. The van der Waals surface area contributed by atoms with Crippen molar-refractivity contribution in [1.29, 1.82) is 0 Å². The maximum Gasteiger partial charge on any atom is 0.160 e. The van der Waals surface area contributed by atoms with Crippen LogP contribution in [0.4, 0.5) is 0 Å². The van der Waals surface area contributed by atoms with Gasteiger partial charge in [-0.2, -0.15) is 0 Å². The first-order valence-corrected chi connectivity index (χ1v) is 21.1. The van der Waals surface area contributed by atoms with Gasteiger partial charge in [0.05, 0.1) is 33.5 Å². The molecular weight excluding hydrogens is 753 g/mol. The summed E-state index contributed by atoms with van der Waals surface area (Å²) in [5.74, 6) is 0.705. The molecule has 4 heteroatoms. The van der Waals surface area contributed by atoms with Gasteiger partial charge in [0.15, 0.2) is 5.82 Å². The van der Waals surface area contributed by atoms with E-state index < -0.39 is 0 Å². The zero-order chi connectivity index (χ0) is 41.0. The molecule has 4 nitrogen and oxygen atoms in total. The standard InChI is InChI=1S/C58H38N4/c1-4-16-39(17-5-1)42-22-14-24-46(34-42)61-54-28-12-10-26-48(54)50-36-43(30-32-56(50)61)44-31-33-57-51(37-44)49-27-11-13-29-55(49)62(57)47-25-15-23-45(35-47)53-38-52(40-18-6-2-7-19-40)59-58(60-53)41-20-8-3-9-21-41/h1-38H. The Hall–Kier alpha value is -8.34. The molecular formula is C58H38N4. The number of para-hydroxylation sites is 2. The van der Waals surface area contributed by atoms with E-state index in [1.165, 1.54) is 54.8 Å². The Bertz CT molecular complexity index is 3560. The molecule has 0 fully saturated rings. The Kier molecular flexibility index (Phi) is 8.46. The average molecular weight is 791 g/mol. The molecule has 3 heterocycles. The lowest BCUT2D eigenvalue weighted by molar-refractivity contribution is 1.16. The molecule has 290 valence electrons. The molecule has 0 bridgehead atoms. The average Bonchev–Trinajstić information content (AvgIpc) is 3.87. The zero-order valence-electron chi connectivity index (χ0n) is 33.7. The molecule has 0 aliphatic rings. The quantitative estimate of drug-likeness (QED) is 0.161. The Labute approximate surface area is 359 Å². The number of fused-ring (bicyclic) bond motifs is 6. The van der Waals surface area contributed by atoms with Crippen LogP contribution < -0.4 is 0 Å². The molecule has 0 unspecified atom stereocenters. The van der Waals surface area contributed by atoms with Gasteiger partial charge in [0, 0.05) is 49.6 Å². The van der Waals surface area contributed by atoms with Crippen LogP contribution in [-0.4, -0.2) is 19.1 Å². The van der Waals surface area contributed by atoms with Crippen LogP contribution in [0.3, 0.4) is 0 Å². The van der Waals surface area contributed by atoms with Crippen molar-refractivity contribution in [2.45, 2.75) is 0 Å². The largest absolute Gasteiger partial charge is 0.309 e. The van der Waals surface area contributed by atoms with E-state index in [1.807, 2.05) is 24.3 Å². The van der Waals surface area contributed by atoms with Crippen molar-refractivity contribution in [3.8, 4) is 67.5 Å². The van der Waals surface area contributed by atoms with E-state index in [2.05, 4.69) is 215 Å². The lowest BCUT2D eigenvalue weighted by Gasteiger charge is -2.12. The molecule has 0 N–H and O–H groups in total. The van der Waals surface area contributed by atoms with E-state index in [-0.39, 0.29) is 0 Å². The highest BCUT2D eigenvalue weighted by Gasteiger charge is 2.18. The fourth-order valence-electron chi connectivity index (χ4n) is 9.19.